The van der Waals surface area contributed by atoms with Crippen LogP contribution >= 0.6 is 11.8 Å². The summed E-state index contributed by atoms with van der Waals surface area (Å²) in [5.74, 6) is -0.553. The molecular weight excluding hydrogens is 411 g/mol. The highest BCUT2D eigenvalue weighted by molar-refractivity contribution is 8.00. The Hall–Kier alpha value is -2.77. The van der Waals surface area contributed by atoms with Crippen LogP contribution < -0.4 is 5.32 Å². The van der Waals surface area contributed by atoms with Crippen molar-refractivity contribution in [3.05, 3.63) is 101 Å². The molecule has 0 aromatic heterocycles. The van der Waals surface area contributed by atoms with E-state index in [2.05, 4.69) is 5.32 Å². The number of hydrogen-bond acceptors (Lipinski definition) is 3. The van der Waals surface area contributed by atoms with Crippen LogP contribution in [0.3, 0.4) is 0 Å². The van der Waals surface area contributed by atoms with E-state index in [1.165, 1.54) is 18.2 Å². The lowest BCUT2D eigenvalue weighted by Gasteiger charge is -2.13. The fourth-order valence-electron chi connectivity index (χ4n) is 2.86. The number of halogens is 3. The average Bonchev–Trinajstić information content (AvgIpc) is 2.73. The van der Waals surface area contributed by atoms with E-state index < -0.39 is 11.4 Å². The van der Waals surface area contributed by atoms with E-state index in [1.54, 1.807) is 6.07 Å². The van der Waals surface area contributed by atoms with Crippen LogP contribution in [0, 0.1) is 0 Å². The van der Waals surface area contributed by atoms with Crippen molar-refractivity contribution in [3.8, 4) is 0 Å². The standard InChI is InChI=1S/C23H20F3NO2S/c24-23(25,26)30-21-13-7-6-12-20(21)22(28)27-14-18-10-4-5-11-19(18)16-29-15-17-8-2-1-3-9-17/h1-13H,14-16H2,(H,27,28). The summed E-state index contributed by atoms with van der Waals surface area (Å²) in [4.78, 5) is 12.4. The van der Waals surface area contributed by atoms with Gasteiger partial charge in [-0.15, -0.1) is 0 Å². The monoisotopic (exact) mass is 431 g/mol. The van der Waals surface area contributed by atoms with E-state index in [0.29, 0.717) is 13.2 Å². The lowest BCUT2D eigenvalue weighted by molar-refractivity contribution is -0.0328. The van der Waals surface area contributed by atoms with Crippen LogP contribution in [0.2, 0.25) is 0 Å². The molecule has 0 fully saturated rings. The van der Waals surface area contributed by atoms with Crippen LogP contribution in [-0.2, 0) is 24.5 Å². The Morgan fingerprint density at radius 1 is 0.833 bits per heavy atom. The predicted molar refractivity (Wildman–Crippen MR) is 111 cm³/mol. The summed E-state index contributed by atoms with van der Waals surface area (Å²) in [7, 11) is 0. The number of amides is 1. The minimum atomic E-state index is -4.46. The largest absolute Gasteiger partial charge is 0.446 e. The lowest BCUT2D eigenvalue weighted by atomic mass is 10.1. The highest BCUT2D eigenvalue weighted by atomic mass is 32.2. The summed E-state index contributed by atoms with van der Waals surface area (Å²) < 4.78 is 44.0. The maximum Gasteiger partial charge on any atom is 0.446 e. The van der Waals surface area contributed by atoms with Gasteiger partial charge in [0.05, 0.1) is 18.8 Å². The SMILES string of the molecule is O=C(NCc1ccccc1COCc1ccccc1)c1ccccc1SC(F)(F)F. The molecule has 0 unspecified atom stereocenters. The highest BCUT2D eigenvalue weighted by Crippen LogP contribution is 2.38. The van der Waals surface area contributed by atoms with Gasteiger partial charge in [-0.2, -0.15) is 13.2 Å². The van der Waals surface area contributed by atoms with Crippen molar-refractivity contribution in [1.82, 2.24) is 5.32 Å². The number of hydrogen-bond donors (Lipinski definition) is 1. The van der Waals surface area contributed by atoms with Gasteiger partial charge in [-0.05, 0) is 40.6 Å². The number of carbonyl (C=O) groups excluding carboxylic acids is 1. The third-order valence-electron chi connectivity index (χ3n) is 4.28. The molecule has 0 aliphatic heterocycles. The van der Waals surface area contributed by atoms with Gasteiger partial charge in [0.1, 0.15) is 0 Å². The fourth-order valence-corrected chi connectivity index (χ4v) is 3.53. The van der Waals surface area contributed by atoms with E-state index in [4.69, 9.17) is 4.74 Å². The van der Waals surface area contributed by atoms with E-state index in [0.717, 1.165) is 16.7 Å². The molecule has 0 spiro atoms. The third kappa shape index (κ3) is 6.64. The number of nitrogens with one attached hydrogen (secondary N) is 1. The number of rotatable bonds is 8. The first-order chi connectivity index (χ1) is 14.4. The van der Waals surface area contributed by atoms with Gasteiger partial charge in [0.25, 0.3) is 5.91 Å². The van der Waals surface area contributed by atoms with E-state index in [9.17, 15) is 18.0 Å². The Labute approximate surface area is 177 Å². The average molecular weight is 431 g/mol. The second-order valence-corrected chi connectivity index (χ2v) is 7.58. The van der Waals surface area contributed by atoms with Gasteiger partial charge >= 0.3 is 5.51 Å². The van der Waals surface area contributed by atoms with Gasteiger partial charge in [0, 0.05) is 11.4 Å². The first-order valence-electron chi connectivity index (χ1n) is 9.24. The Bertz CT molecular complexity index is 977. The molecule has 0 aliphatic carbocycles. The number of ether oxygens (including phenoxy) is 1. The molecule has 0 radical (unpaired) electrons. The molecule has 0 saturated carbocycles. The van der Waals surface area contributed by atoms with Crippen LogP contribution in [0.4, 0.5) is 13.2 Å². The smallest absolute Gasteiger partial charge is 0.372 e. The van der Waals surface area contributed by atoms with Crippen molar-refractivity contribution in [3.63, 3.8) is 0 Å². The summed E-state index contributed by atoms with van der Waals surface area (Å²) in [6.45, 7) is 1.01. The molecule has 0 aliphatic rings. The van der Waals surface area contributed by atoms with E-state index in [1.807, 2.05) is 54.6 Å². The van der Waals surface area contributed by atoms with Gasteiger partial charge in [0.2, 0.25) is 0 Å². The minimum absolute atomic E-state index is 0.00219. The molecule has 3 rings (SSSR count). The quantitative estimate of drug-likeness (QED) is 0.448. The molecule has 3 aromatic carbocycles. The molecule has 1 N–H and O–H groups in total. The first kappa shape index (κ1) is 21.9. The normalized spacial score (nSPS) is 11.3. The van der Waals surface area contributed by atoms with Crippen LogP contribution in [0.1, 0.15) is 27.0 Å². The van der Waals surface area contributed by atoms with Crippen LogP contribution in [-0.4, -0.2) is 11.4 Å². The Morgan fingerprint density at radius 3 is 2.20 bits per heavy atom. The van der Waals surface area contributed by atoms with Crippen molar-refractivity contribution >= 4 is 17.7 Å². The molecule has 0 heterocycles. The second-order valence-electron chi connectivity index (χ2n) is 6.47. The number of carbonyl (C=O) groups is 1. The maximum atomic E-state index is 12.7. The van der Waals surface area contributed by atoms with Crippen molar-refractivity contribution in [1.29, 1.82) is 0 Å². The molecule has 0 bridgehead atoms. The van der Waals surface area contributed by atoms with Crippen molar-refractivity contribution in [2.24, 2.45) is 0 Å². The topological polar surface area (TPSA) is 38.3 Å². The maximum absolute atomic E-state index is 12.7. The molecule has 3 nitrogen and oxygen atoms in total. The third-order valence-corrected chi connectivity index (χ3v) is 5.09. The number of benzene rings is 3. The van der Waals surface area contributed by atoms with Crippen LogP contribution in [0.15, 0.2) is 83.8 Å². The zero-order chi connectivity index (χ0) is 21.4. The second kappa shape index (κ2) is 10.3. The van der Waals surface area contributed by atoms with E-state index >= 15 is 0 Å². The van der Waals surface area contributed by atoms with Gasteiger partial charge in [0.15, 0.2) is 0 Å². The molecule has 3 aromatic rings. The van der Waals surface area contributed by atoms with Gasteiger partial charge in [-0.3, -0.25) is 4.79 Å². The zero-order valence-electron chi connectivity index (χ0n) is 16.0. The summed E-state index contributed by atoms with van der Waals surface area (Å²) >= 11 is -0.291. The van der Waals surface area contributed by atoms with Gasteiger partial charge < -0.3 is 10.1 Å². The number of alkyl halides is 3. The Morgan fingerprint density at radius 2 is 1.47 bits per heavy atom. The molecular formula is C23H20F3NO2S. The van der Waals surface area contributed by atoms with Crippen molar-refractivity contribution in [2.75, 3.05) is 0 Å². The summed E-state index contributed by atoms with van der Waals surface area (Å²) in [5.41, 5.74) is -1.65. The summed E-state index contributed by atoms with van der Waals surface area (Å²) in [6, 6.07) is 22.9. The van der Waals surface area contributed by atoms with E-state index in [-0.39, 0.29) is 28.8 Å². The van der Waals surface area contributed by atoms with Gasteiger partial charge in [-0.1, -0.05) is 66.7 Å². The predicted octanol–water partition coefficient (Wildman–Crippen LogP) is 5.95. The summed E-state index contributed by atoms with van der Waals surface area (Å²) in [6.07, 6.45) is 0. The van der Waals surface area contributed by atoms with Crippen LogP contribution in [0.5, 0.6) is 0 Å². The molecule has 7 heteroatoms. The molecule has 156 valence electrons. The summed E-state index contributed by atoms with van der Waals surface area (Å²) in [5, 5.41) is 2.71. The van der Waals surface area contributed by atoms with Gasteiger partial charge in [-0.25, -0.2) is 0 Å². The fraction of sp³-hybridized carbons (Fsp3) is 0.174. The molecule has 0 atom stereocenters. The first-order valence-corrected chi connectivity index (χ1v) is 10.1. The molecule has 0 saturated heterocycles. The number of thioether (sulfide) groups is 1. The van der Waals surface area contributed by atoms with Crippen LogP contribution in [0.25, 0.3) is 0 Å². The van der Waals surface area contributed by atoms with Crippen molar-refractivity contribution < 1.29 is 22.7 Å². The van der Waals surface area contributed by atoms with Crippen molar-refractivity contribution in [2.45, 2.75) is 30.2 Å². The Balaban J connectivity index is 1.62. The highest BCUT2D eigenvalue weighted by Gasteiger charge is 2.31. The molecule has 30 heavy (non-hydrogen) atoms. The minimum Gasteiger partial charge on any atom is -0.372 e. The zero-order valence-corrected chi connectivity index (χ0v) is 16.8. The Kier molecular flexibility index (Phi) is 7.54. The lowest BCUT2D eigenvalue weighted by Crippen LogP contribution is -2.24. The molecule has 1 amide bonds.